The third kappa shape index (κ3) is 2.74. The quantitative estimate of drug-likeness (QED) is 0.719. The monoisotopic (exact) mass is 212 g/mol. The summed E-state index contributed by atoms with van der Waals surface area (Å²) < 4.78 is 5.14. The molecule has 1 aromatic rings. The lowest BCUT2D eigenvalue weighted by Gasteiger charge is -2.11. The number of rotatable bonds is 3. The first-order valence-corrected chi connectivity index (χ1v) is 4.98. The van der Waals surface area contributed by atoms with Crippen molar-refractivity contribution >= 4 is 17.6 Å². The largest absolute Gasteiger partial charge is 0.459 e. The van der Waals surface area contributed by atoms with Crippen LogP contribution in [0.4, 0.5) is 0 Å². The number of carbonyl (C=O) groups excluding carboxylic acids is 1. The zero-order valence-corrected chi connectivity index (χ0v) is 9.04. The van der Waals surface area contributed by atoms with Gasteiger partial charge in [0.25, 0.3) is 0 Å². The minimum Gasteiger partial charge on any atom is -0.459 e. The van der Waals surface area contributed by atoms with Gasteiger partial charge in [-0.2, -0.15) is 0 Å². The molecule has 0 aliphatic rings. The van der Waals surface area contributed by atoms with Crippen LogP contribution >= 0.6 is 11.6 Å². The Morgan fingerprint density at radius 1 is 1.50 bits per heavy atom. The van der Waals surface area contributed by atoms with Crippen molar-refractivity contribution in [3.05, 3.63) is 34.9 Å². The zero-order chi connectivity index (χ0) is 10.6. The minimum atomic E-state index is -0.357. The van der Waals surface area contributed by atoms with Crippen LogP contribution in [0.2, 0.25) is 5.02 Å². The van der Waals surface area contributed by atoms with E-state index in [1.165, 1.54) is 0 Å². The standard InChI is InChI=1S/C11H13ClO2/c1-3-8(2)14-11(13)9-6-4-5-7-10(9)12/h4-8H,3H2,1-2H3. The fraction of sp³-hybridized carbons (Fsp3) is 0.364. The van der Waals surface area contributed by atoms with Crippen molar-refractivity contribution in [3.63, 3.8) is 0 Å². The van der Waals surface area contributed by atoms with Gasteiger partial charge in [-0.15, -0.1) is 0 Å². The number of halogens is 1. The smallest absolute Gasteiger partial charge is 0.339 e. The van der Waals surface area contributed by atoms with Gasteiger partial charge in [0.15, 0.2) is 0 Å². The van der Waals surface area contributed by atoms with Gasteiger partial charge < -0.3 is 4.74 Å². The molecule has 0 N–H and O–H groups in total. The maximum atomic E-state index is 11.5. The van der Waals surface area contributed by atoms with Crippen LogP contribution < -0.4 is 0 Å². The van der Waals surface area contributed by atoms with Crippen LogP contribution in [0, 0.1) is 0 Å². The lowest BCUT2D eigenvalue weighted by Crippen LogP contribution is -2.14. The number of esters is 1. The van der Waals surface area contributed by atoms with Crippen molar-refractivity contribution in [2.75, 3.05) is 0 Å². The summed E-state index contributed by atoms with van der Waals surface area (Å²) >= 11 is 5.84. The van der Waals surface area contributed by atoms with Gasteiger partial charge in [-0.25, -0.2) is 4.79 Å². The first-order valence-electron chi connectivity index (χ1n) is 4.60. The highest BCUT2D eigenvalue weighted by Crippen LogP contribution is 2.16. The Bertz CT molecular complexity index is 323. The van der Waals surface area contributed by atoms with Crippen LogP contribution in [0.5, 0.6) is 0 Å². The Morgan fingerprint density at radius 3 is 2.71 bits per heavy atom. The molecule has 1 rings (SSSR count). The molecule has 0 amide bonds. The zero-order valence-electron chi connectivity index (χ0n) is 8.29. The molecule has 0 aliphatic carbocycles. The lowest BCUT2D eigenvalue weighted by atomic mass is 10.2. The summed E-state index contributed by atoms with van der Waals surface area (Å²) in [6.45, 7) is 3.82. The van der Waals surface area contributed by atoms with Gasteiger partial charge in [0, 0.05) is 0 Å². The molecule has 76 valence electrons. The Hall–Kier alpha value is -1.02. The molecule has 1 atom stereocenters. The van der Waals surface area contributed by atoms with E-state index in [9.17, 15) is 4.79 Å². The molecule has 2 nitrogen and oxygen atoms in total. The number of hydrogen-bond acceptors (Lipinski definition) is 2. The minimum absolute atomic E-state index is 0.0706. The molecule has 1 aromatic carbocycles. The van der Waals surface area contributed by atoms with E-state index < -0.39 is 0 Å². The maximum Gasteiger partial charge on any atom is 0.339 e. The van der Waals surface area contributed by atoms with Crippen LogP contribution in [0.15, 0.2) is 24.3 Å². The first kappa shape index (κ1) is 11.1. The van der Waals surface area contributed by atoms with Crippen molar-refractivity contribution in [2.24, 2.45) is 0 Å². The summed E-state index contributed by atoms with van der Waals surface area (Å²) in [4.78, 5) is 11.5. The van der Waals surface area contributed by atoms with E-state index in [0.717, 1.165) is 6.42 Å². The highest BCUT2D eigenvalue weighted by molar-refractivity contribution is 6.33. The van der Waals surface area contributed by atoms with Crippen LogP contribution in [-0.2, 0) is 4.74 Å². The summed E-state index contributed by atoms with van der Waals surface area (Å²) in [6, 6.07) is 6.88. The van der Waals surface area contributed by atoms with Crippen LogP contribution in [-0.4, -0.2) is 12.1 Å². The molecule has 0 bridgehead atoms. The second kappa shape index (κ2) is 5.01. The van der Waals surface area contributed by atoms with Crippen molar-refractivity contribution in [3.8, 4) is 0 Å². The summed E-state index contributed by atoms with van der Waals surface area (Å²) in [7, 11) is 0. The SMILES string of the molecule is CCC(C)OC(=O)c1ccccc1Cl. The highest BCUT2D eigenvalue weighted by Gasteiger charge is 2.13. The number of ether oxygens (including phenoxy) is 1. The molecule has 14 heavy (non-hydrogen) atoms. The topological polar surface area (TPSA) is 26.3 Å². The van der Waals surface area contributed by atoms with Crippen molar-refractivity contribution in [2.45, 2.75) is 26.4 Å². The van der Waals surface area contributed by atoms with E-state index in [1.807, 2.05) is 13.8 Å². The highest BCUT2D eigenvalue weighted by atomic mass is 35.5. The summed E-state index contributed by atoms with van der Waals surface area (Å²) in [5, 5.41) is 0.431. The molecule has 0 aromatic heterocycles. The second-order valence-corrected chi connectivity index (χ2v) is 3.51. The molecule has 0 fully saturated rings. The third-order valence-electron chi connectivity index (χ3n) is 1.98. The van der Waals surface area contributed by atoms with Gasteiger partial charge in [0.1, 0.15) is 0 Å². The van der Waals surface area contributed by atoms with Gasteiger partial charge in [-0.05, 0) is 25.5 Å². The molecule has 0 heterocycles. The van der Waals surface area contributed by atoms with Gasteiger partial charge in [-0.3, -0.25) is 0 Å². The second-order valence-electron chi connectivity index (χ2n) is 3.10. The maximum absolute atomic E-state index is 11.5. The fourth-order valence-electron chi connectivity index (χ4n) is 0.956. The van der Waals surface area contributed by atoms with Gasteiger partial charge in [0.2, 0.25) is 0 Å². The molecule has 0 saturated carbocycles. The van der Waals surface area contributed by atoms with Crippen LogP contribution in [0.25, 0.3) is 0 Å². The van der Waals surface area contributed by atoms with E-state index >= 15 is 0 Å². The molecule has 3 heteroatoms. The van der Waals surface area contributed by atoms with Gasteiger partial charge >= 0.3 is 5.97 Å². The van der Waals surface area contributed by atoms with Crippen molar-refractivity contribution in [1.29, 1.82) is 0 Å². The predicted molar refractivity (Wildman–Crippen MR) is 56.6 cm³/mol. The summed E-state index contributed by atoms with van der Waals surface area (Å²) in [6.07, 6.45) is 0.731. The molecular formula is C11H13ClO2. The fourth-order valence-corrected chi connectivity index (χ4v) is 1.17. The normalized spacial score (nSPS) is 12.2. The predicted octanol–water partition coefficient (Wildman–Crippen LogP) is 3.30. The number of carbonyl (C=O) groups is 1. The Morgan fingerprint density at radius 2 is 2.14 bits per heavy atom. The number of hydrogen-bond donors (Lipinski definition) is 0. The summed E-state index contributed by atoms with van der Waals surface area (Å²) in [5.41, 5.74) is 0.425. The molecule has 0 radical (unpaired) electrons. The van der Waals surface area contributed by atoms with E-state index in [4.69, 9.17) is 16.3 Å². The van der Waals surface area contributed by atoms with E-state index in [0.29, 0.717) is 10.6 Å². The Balaban J connectivity index is 2.75. The van der Waals surface area contributed by atoms with Crippen LogP contribution in [0.1, 0.15) is 30.6 Å². The average Bonchev–Trinajstić information content (AvgIpc) is 2.18. The first-order chi connectivity index (χ1) is 6.65. The van der Waals surface area contributed by atoms with Crippen molar-refractivity contribution in [1.82, 2.24) is 0 Å². The van der Waals surface area contributed by atoms with Crippen molar-refractivity contribution < 1.29 is 9.53 Å². The molecule has 0 spiro atoms. The molecule has 0 saturated heterocycles. The van der Waals surface area contributed by atoms with Gasteiger partial charge in [0.05, 0.1) is 16.7 Å². The summed E-state index contributed by atoms with van der Waals surface area (Å²) in [5.74, 6) is -0.357. The van der Waals surface area contributed by atoms with E-state index in [2.05, 4.69) is 0 Å². The third-order valence-corrected chi connectivity index (χ3v) is 2.31. The molecule has 0 aliphatic heterocycles. The van der Waals surface area contributed by atoms with E-state index in [1.54, 1.807) is 24.3 Å². The Kier molecular flexibility index (Phi) is 3.96. The number of benzene rings is 1. The van der Waals surface area contributed by atoms with E-state index in [-0.39, 0.29) is 12.1 Å². The average molecular weight is 213 g/mol. The van der Waals surface area contributed by atoms with Gasteiger partial charge in [-0.1, -0.05) is 30.7 Å². The lowest BCUT2D eigenvalue weighted by molar-refractivity contribution is 0.0335. The van der Waals surface area contributed by atoms with Crippen LogP contribution in [0.3, 0.4) is 0 Å². The molecular weight excluding hydrogens is 200 g/mol. The Labute approximate surface area is 88.8 Å². The molecule has 1 unspecified atom stereocenters.